The number of anilines is 1. The van der Waals surface area contributed by atoms with Crippen LogP contribution in [0.1, 0.15) is 15.9 Å². The fourth-order valence-electron chi connectivity index (χ4n) is 2.35. The number of phenolic OH excluding ortho intramolecular Hbond substituents is 3. The summed E-state index contributed by atoms with van der Waals surface area (Å²) in [4.78, 5) is 14.1. The summed E-state index contributed by atoms with van der Waals surface area (Å²) in [6.45, 7) is 0. The highest BCUT2D eigenvalue weighted by atomic mass is 16.5. The monoisotopic (exact) mass is 313 g/mol. The molecule has 2 aromatic rings. The molecule has 23 heavy (non-hydrogen) atoms. The lowest BCUT2D eigenvalue weighted by molar-refractivity contribution is 0.101. The number of fused-ring (bicyclic) bond motifs is 1. The van der Waals surface area contributed by atoms with Gasteiger partial charge in [-0.05, 0) is 18.2 Å². The predicted molar refractivity (Wildman–Crippen MR) is 85.1 cm³/mol. The van der Waals surface area contributed by atoms with E-state index in [-0.39, 0.29) is 34.3 Å². The van der Waals surface area contributed by atoms with E-state index in [1.54, 1.807) is 18.2 Å². The molecular formula is C17H15NO5. The number of rotatable bonds is 2. The third kappa shape index (κ3) is 2.55. The summed E-state index contributed by atoms with van der Waals surface area (Å²) in [6.07, 6.45) is 1.40. The summed E-state index contributed by atoms with van der Waals surface area (Å²) in [5.74, 6) is -0.997. The number of hydrogen-bond acceptors (Lipinski definition) is 6. The van der Waals surface area contributed by atoms with Crippen LogP contribution in [0.2, 0.25) is 0 Å². The molecule has 0 unspecified atom stereocenters. The summed E-state index contributed by atoms with van der Waals surface area (Å²) in [5.41, 5.74) is 1.23. The quantitative estimate of drug-likeness (QED) is 0.738. The number of Topliss-reactive ketones (excluding diaryl/α,β-unsaturated/α-hetero) is 1. The minimum absolute atomic E-state index is 0.00143. The van der Waals surface area contributed by atoms with Crippen LogP contribution in [0.4, 0.5) is 5.69 Å². The molecular weight excluding hydrogens is 298 g/mol. The first-order valence-electron chi connectivity index (χ1n) is 6.87. The van der Waals surface area contributed by atoms with Crippen molar-refractivity contribution in [3.8, 4) is 23.0 Å². The summed E-state index contributed by atoms with van der Waals surface area (Å²) in [5, 5.41) is 29.3. The number of hydrogen-bond donors (Lipinski definition) is 3. The Balaban J connectivity index is 2.00. The van der Waals surface area contributed by atoms with Crippen LogP contribution >= 0.6 is 0 Å². The van der Waals surface area contributed by atoms with Crippen LogP contribution in [-0.4, -0.2) is 35.2 Å². The number of carbonyl (C=O) groups is 1. The molecule has 0 fully saturated rings. The van der Waals surface area contributed by atoms with Crippen molar-refractivity contribution in [2.75, 3.05) is 19.0 Å². The van der Waals surface area contributed by atoms with Crippen molar-refractivity contribution in [3.05, 3.63) is 47.2 Å². The van der Waals surface area contributed by atoms with Gasteiger partial charge in [0, 0.05) is 43.5 Å². The van der Waals surface area contributed by atoms with Crippen molar-refractivity contribution in [3.63, 3.8) is 0 Å². The van der Waals surface area contributed by atoms with Crippen molar-refractivity contribution in [1.29, 1.82) is 0 Å². The number of ether oxygens (including phenoxy) is 1. The zero-order valence-electron chi connectivity index (χ0n) is 12.6. The Bertz CT molecular complexity index is 839. The van der Waals surface area contributed by atoms with Crippen molar-refractivity contribution >= 4 is 17.5 Å². The summed E-state index contributed by atoms with van der Waals surface area (Å²) in [7, 11) is 3.70. The molecule has 1 heterocycles. The average Bonchev–Trinajstić information content (AvgIpc) is 2.77. The summed E-state index contributed by atoms with van der Waals surface area (Å²) >= 11 is 0. The van der Waals surface area contributed by atoms with Gasteiger partial charge >= 0.3 is 0 Å². The second kappa shape index (κ2) is 5.24. The van der Waals surface area contributed by atoms with Crippen molar-refractivity contribution in [2.24, 2.45) is 0 Å². The maximum Gasteiger partial charge on any atom is 0.235 e. The van der Waals surface area contributed by atoms with Crippen LogP contribution in [0.3, 0.4) is 0 Å². The topological polar surface area (TPSA) is 90.2 Å². The Morgan fingerprint density at radius 2 is 1.78 bits per heavy atom. The van der Waals surface area contributed by atoms with E-state index in [4.69, 9.17) is 4.74 Å². The molecule has 2 aromatic carbocycles. The number of phenols is 3. The van der Waals surface area contributed by atoms with Gasteiger partial charge in [0.1, 0.15) is 28.6 Å². The van der Waals surface area contributed by atoms with Crippen LogP contribution in [0.25, 0.3) is 6.08 Å². The van der Waals surface area contributed by atoms with Crippen LogP contribution in [0.15, 0.2) is 36.1 Å². The smallest absolute Gasteiger partial charge is 0.235 e. The molecule has 0 radical (unpaired) electrons. The molecule has 0 saturated carbocycles. The minimum Gasteiger partial charge on any atom is -0.508 e. The van der Waals surface area contributed by atoms with Gasteiger partial charge in [0.25, 0.3) is 0 Å². The minimum atomic E-state index is -0.506. The zero-order chi connectivity index (χ0) is 16.7. The third-order valence-electron chi connectivity index (χ3n) is 3.55. The fraction of sp³-hybridized carbons (Fsp3) is 0.118. The van der Waals surface area contributed by atoms with Gasteiger partial charge in [0.15, 0.2) is 5.76 Å². The van der Waals surface area contributed by atoms with Gasteiger partial charge in [-0.15, -0.1) is 0 Å². The molecule has 0 bridgehead atoms. The maximum absolute atomic E-state index is 12.3. The van der Waals surface area contributed by atoms with Crippen molar-refractivity contribution in [1.82, 2.24) is 0 Å². The highest BCUT2D eigenvalue weighted by Gasteiger charge is 2.31. The number of ketones is 1. The predicted octanol–water partition coefficient (Wildman–Crippen LogP) is 2.49. The third-order valence-corrected chi connectivity index (χ3v) is 3.55. The summed E-state index contributed by atoms with van der Waals surface area (Å²) in [6, 6.07) is 7.36. The highest BCUT2D eigenvalue weighted by molar-refractivity contribution is 6.16. The van der Waals surface area contributed by atoms with E-state index in [0.29, 0.717) is 5.56 Å². The Morgan fingerprint density at radius 1 is 1.04 bits per heavy atom. The first-order chi connectivity index (χ1) is 10.9. The largest absolute Gasteiger partial charge is 0.508 e. The van der Waals surface area contributed by atoms with Gasteiger partial charge in [-0.1, -0.05) is 0 Å². The number of carbonyl (C=O) groups excluding carboxylic acids is 1. The number of benzene rings is 2. The van der Waals surface area contributed by atoms with E-state index in [0.717, 1.165) is 11.8 Å². The molecule has 0 amide bonds. The van der Waals surface area contributed by atoms with Gasteiger partial charge < -0.3 is 25.0 Å². The van der Waals surface area contributed by atoms with Gasteiger partial charge in [-0.3, -0.25) is 4.79 Å². The maximum atomic E-state index is 12.3. The standard InChI is InChI=1S/C17H15NO5/c1-18(2)10-4-3-9(12(20)6-10)5-15-17(22)16-13(21)7-11(19)8-14(16)23-15/h3-8,19-21H,1-2H3/b15-5-. The van der Waals surface area contributed by atoms with Crippen molar-refractivity contribution < 1.29 is 24.9 Å². The lowest BCUT2D eigenvalue weighted by Crippen LogP contribution is -2.08. The molecule has 118 valence electrons. The number of nitrogens with zero attached hydrogens (tertiary/aromatic N) is 1. The molecule has 3 N–H and O–H groups in total. The molecule has 0 aliphatic carbocycles. The molecule has 6 heteroatoms. The zero-order valence-corrected chi connectivity index (χ0v) is 12.6. The SMILES string of the molecule is CN(C)c1ccc(/C=C2\Oc3cc(O)cc(O)c3C2=O)c(O)c1. The highest BCUT2D eigenvalue weighted by Crippen LogP contribution is 2.41. The van der Waals surface area contributed by atoms with E-state index in [2.05, 4.69) is 0 Å². The first kappa shape index (κ1) is 14.8. The normalized spacial score (nSPS) is 14.7. The average molecular weight is 313 g/mol. The lowest BCUT2D eigenvalue weighted by Gasteiger charge is -2.13. The molecule has 1 aliphatic rings. The Labute approximate surface area is 132 Å². The fourth-order valence-corrected chi connectivity index (χ4v) is 2.35. The van der Waals surface area contributed by atoms with Crippen LogP contribution in [-0.2, 0) is 0 Å². The molecule has 0 spiro atoms. The second-order valence-corrected chi connectivity index (χ2v) is 5.42. The van der Waals surface area contributed by atoms with E-state index >= 15 is 0 Å². The number of aromatic hydroxyl groups is 3. The second-order valence-electron chi connectivity index (χ2n) is 5.42. The van der Waals surface area contributed by atoms with Gasteiger partial charge in [-0.2, -0.15) is 0 Å². The van der Waals surface area contributed by atoms with E-state index in [9.17, 15) is 20.1 Å². The Hall–Kier alpha value is -3.15. The van der Waals surface area contributed by atoms with Gasteiger partial charge in [-0.25, -0.2) is 0 Å². The van der Waals surface area contributed by atoms with Gasteiger partial charge in [0.05, 0.1) is 0 Å². The van der Waals surface area contributed by atoms with E-state index < -0.39 is 5.78 Å². The Kier molecular flexibility index (Phi) is 3.37. The lowest BCUT2D eigenvalue weighted by atomic mass is 10.1. The number of allylic oxidation sites excluding steroid dienone is 1. The van der Waals surface area contributed by atoms with Gasteiger partial charge in [0.2, 0.25) is 5.78 Å². The molecule has 1 aliphatic heterocycles. The van der Waals surface area contributed by atoms with Crippen LogP contribution in [0, 0.1) is 0 Å². The van der Waals surface area contributed by atoms with E-state index in [1.807, 2.05) is 19.0 Å². The van der Waals surface area contributed by atoms with Crippen molar-refractivity contribution in [2.45, 2.75) is 0 Å². The van der Waals surface area contributed by atoms with Crippen LogP contribution < -0.4 is 9.64 Å². The first-order valence-corrected chi connectivity index (χ1v) is 6.87. The molecule has 3 rings (SSSR count). The van der Waals surface area contributed by atoms with Crippen LogP contribution in [0.5, 0.6) is 23.0 Å². The molecule has 0 saturated heterocycles. The molecule has 0 aromatic heterocycles. The van der Waals surface area contributed by atoms with E-state index in [1.165, 1.54) is 12.1 Å². The summed E-state index contributed by atoms with van der Waals surface area (Å²) < 4.78 is 5.39. The molecule has 0 atom stereocenters. The molecule has 6 nitrogen and oxygen atoms in total. The Morgan fingerprint density at radius 3 is 2.43 bits per heavy atom.